The van der Waals surface area contributed by atoms with Crippen molar-refractivity contribution in [3.63, 3.8) is 0 Å². The summed E-state index contributed by atoms with van der Waals surface area (Å²) in [5, 5.41) is 0. The fourth-order valence-electron chi connectivity index (χ4n) is 2.59. The van der Waals surface area contributed by atoms with Crippen LogP contribution in [0.25, 0.3) is 0 Å². The third-order valence-corrected chi connectivity index (χ3v) is 3.90. The highest BCUT2D eigenvalue weighted by atomic mass is 14.2. The van der Waals surface area contributed by atoms with Crippen LogP contribution in [-0.4, -0.2) is 0 Å². The molecule has 2 rings (SSSR count). The molecule has 2 aromatic rings. The lowest BCUT2D eigenvalue weighted by Crippen LogP contribution is -2.04. The van der Waals surface area contributed by atoms with Gasteiger partial charge in [-0.3, -0.25) is 0 Å². The molecule has 0 aliphatic rings. The molecule has 1 atom stereocenters. The first kappa shape index (κ1) is 12.9. The molecule has 0 amide bonds. The Balaban J connectivity index is 2.26. The van der Waals surface area contributed by atoms with Crippen LogP contribution in [0.2, 0.25) is 0 Å². The van der Waals surface area contributed by atoms with Gasteiger partial charge in [0.15, 0.2) is 0 Å². The number of hydrogen-bond donors (Lipinski definition) is 0. The Morgan fingerprint density at radius 2 is 1.61 bits per heavy atom. The van der Waals surface area contributed by atoms with Crippen LogP contribution in [0.5, 0.6) is 0 Å². The van der Waals surface area contributed by atoms with Crippen molar-refractivity contribution >= 4 is 0 Å². The Morgan fingerprint density at radius 3 is 2.28 bits per heavy atom. The summed E-state index contributed by atoms with van der Waals surface area (Å²) in [6, 6.07) is 17.5. The predicted octanol–water partition coefficient (Wildman–Crippen LogP) is 5.04. The van der Waals surface area contributed by atoms with E-state index in [0.717, 1.165) is 6.42 Å². The Morgan fingerprint density at radius 1 is 0.889 bits per heavy atom. The molecule has 0 N–H and O–H groups in total. The third kappa shape index (κ3) is 2.81. The number of benzene rings is 2. The molecule has 0 radical (unpaired) electrons. The minimum absolute atomic E-state index is 0.632. The lowest BCUT2D eigenvalue weighted by atomic mass is 9.86. The minimum atomic E-state index is 0.632. The number of rotatable bonds is 4. The first-order valence-corrected chi connectivity index (χ1v) is 6.82. The van der Waals surface area contributed by atoms with Crippen LogP contribution in [0.15, 0.2) is 48.5 Å². The molecule has 0 aliphatic carbocycles. The van der Waals surface area contributed by atoms with E-state index in [2.05, 4.69) is 69.3 Å². The SMILES string of the molecule is CCC(Cc1ccccc1)c1cccc(C)c1C. The quantitative estimate of drug-likeness (QED) is 0.700. The molecule has 0 bridgehead atoms. The van der Waals surface area contributed by atoms with Crippen molar-refractivity contribution in [3.05, 3.63) is 70.8 Å². The molecule has 1 unspecified atom stereocenters. The summed E-state index contributed by atoms with van der Waals surface area (Å²) >= 11 is 0. The van der Waals surface area contributed by atoms with Crippen molar-refractivity contribution in [3.8, 4) is 0 Å². The molecule has 0 nitrogen and oxygen atoms in total. The van der Waals surface area contributed by atoms with Crippen LogP contribution >= 0.6 is 0 Å². The second kappa shape index (κ2) is 5.86. The smallest absolute Gasteiger partial charge is 0.0121 e. The Hall–Kier alpha value is -1.56. The van der Waals surface area contributed by atoms with E-state index in [1.54, 1.807) is 0 Å². The molecular formula is C18H22. The van der Waals surface area contributed by atoms with E-state index in [4.69, 9.17) is 0 Å². The summed E-state index contributed by atoms with van der Waals surface area (Å²) in [6.07, 6.45) is 2.33. The van der Waals surface area contributed by atoms with Crippen LogP contribution in [0.1, 0.15) is 41.5 Å². The van der Waals surface area contributed by atoms with Gasteiger partial charge in [-0.15, -0.1) is 0 Å². The van der Waals surface area contributed by atoms with Gasteiger partial charge in [0.1, 0.15) is 0 Å². The Labute approximate surface area is 111 Å². The van der Waals surface area contributed by atoms with Crippen molar-refractivity contribution in [2.45, 2.75) is 39.5 Å². The highest BCUT2D eigenvalue weighted by Crippen LogP contribution is 2.28. The van der Waals surface area contributed by atoms with Crippen LogP contribution in [0.4, 0.5) is 0 Å². The Kier molecular flexibility index (Phi) is 4.19. The molecule has 94 valence electrons. The fourth-order valence-corrected chi connectivity index (χ4v) is 2.59. The van der Waals surface area contributed by atoms with Gasteiger partial charge in [-0.2, -0.15) is 0 Å². The van der Waals surface area contributed by atoms with Gasteiger partial charge < -0.3 is 0 Å². The number of hydrogen-bond acceptors (Lipinski definition) is 0. The van der Waals surface area contributed by atoms with Crippen LogP contribution in [-0.2, 0) is 6.42 Å². The van der Waals surface area contributed by atoms with Crippen LogP contribution < -0.4 is 0 Å². The summed E-state index contributed by atoms with van der Waals surface area (Å²) in [5.74, 6) is 0.632. The molecule has 18 heavy (non-hydrogen) atoms. The zero-order valence-corrected chi connectivity index (χ0v) is 11.6. The van der Waals surface area contributed by atoms with E-state index < -0.39 is 0 Å². The highest BCUT2D eigenvalue weighted by molar-refractivity contribution is 5.36. The molecular weight excluding hydrogens is 216 g/mol. The maximum Gasteiger partial charge on any atom is -0.0121 e. The average Bonchev–Trinajstić information content (AvgIpc) is 2.41. The van der Waals surface area contributed by atoms with Crippen molar-refractivity contribution in [2.24, 2.45) is 0 Å². The average molecular weight is 238 g/mol. The van der Waals surface area contributed by atoms with Gasteiger partial charge in [-0.1, -0.05) is 55.5 Å². The fraction of sp³-hybridized carbons (Fsp3) is 0.333. The van der Waals surface area contributed by atoms with E-state index in [1.807, 2.05) is 0 Å². The van der Waals surface area contributed by atoms with Crippen molar-refractivity contribution in [2.75, 3.05) is 0 Å². The summed E-state index contributed by atoms with van der Waals surface area (Å²) < 4.78 is 0. The maximum atomic E-state index is 2.29. The van der Waals surface area contributed by atoms with E-state index in [9.17, 15) is 0 Å². The standard InChI is InChI=1S/C18H22/c1-4-17(13-16-10-6-5-7-11-16)18-12-8-9-14(2)15(18)3/h5-12,17H,4,13H2,1-3H3. The molecule has 0 aliphatic heterocycles. The van der Waals surface area contributed by atoms with Gasteiger partial charge in [-0.05, 0) is 54.9 Å². The maximum absolute atomic E-state index is 2.29. The van der Waals surface area contributed by atoms with Crippen molar-refractivity contribution in [1.29, 1.82) is 0 Å². The van der Waals surface area contributed by atoms with E-state index in [-0.39, 0.29) is 0 Å². The van der Waals surface area contributed by atoms with Gasteiger partial charge in [0, 0.05) is 0 Å². The molecule has 2 aromatic carbocycles. The summed E-state index contributed by atoms with van der Waals surface area (Å²) in [6.45, 7) is 6.74. The van der Waals surface area contributed by atoms with Gasteiger partial charge in [0.05, 0.1) is 0 Å². The predicted molar refractivity (Wildman–Crippen MR) is 79.1 cm³/mol. The first-order valence-electron chi connectivity index (χ1n) is 6.82. The first-order chi connectivity index (χ1) is 8.72. The van der Waals surface area contributed by atoms with Gasteiger partial charge >= 0.3 is 0 Å². The third-order valence-electron chi connectivity index (χ3n) is 3.90. The zero-order valence-electron chi connectivity index (χ0n) is 11.6. The lowest BCUT2D eigenvalue weighted by molar-refractivity contribution is 0.655. The van der Waals surface area contributed by atoms with E-state index in [0.29, 0.717) is 5.92 Å². The largest absolute Gasteiger partial charge is 0.0648 e. The topological polar surface area (TPSA) is 0 Å². The van der Waals surface area contributed by atoms with Gasteiger partial charge in [0.2, 0.25) is 0 Å². The van der Waals surface area contributed by atoms with Gasteiger partial charge in [0.25, 0.3) is 0 Å². The molecule has 0 spiro atoms. The minimum Gasteiger partial charge on any atom is -0.0648 e. The summed E-state index contributed by atoms with van der Waals surface area (Å²) in [4.78, 5) is 0. The van der Waals surface area contributed by atoms with Gasteiger partial charge in [-0.25, -0.2) is 0 Å². The second-order valence-electron chi connectivity index (χ2n) is 5.08. The summed E-state index contributed by atoms with van der Waals surface area (Å²) in [7, 11) is 0. The van der Waals surface area contributed by atoms with Crippen LogP contribution in [0, 0.1) is 13.8 Å². The molecule has 0 saturated carbocycles. The van der Waals surface area contributed by atoms with E-state index in [1.165, 1.54) is 28.7 Å². The summed E-state index contributed by atoms with van der Waals surface area (Å²) in [5.41, 5.74) is 5.81. The molecule has 0 heterocycles. The molecule has 0 fully saturated rings. The zero-order chi connectivity index (χ0) is 13.0. The van der Waals surface area contributed by atoms with Crippen molar-refractivity contribution in [1.82, 2.24) is 0 Å². The molecule has 0 heteroatoms. The monoisotopic (exact) mass is 238 g/mol. The van der Waals surface area contributed by atoms with Crippen LogP contribution in [0.3, 0.4) is 0 Å². The number of aryl methyl sites for hydroxylation is 1. The Bertz CT molecular complexity index is 497. The van der Waals surface area contributed by atoms with Crippen molar-refractivity contribution < 1.29 is 0 Å². The second-order valence-corrected chi connectivity index (χ2v) is 5.08. The normalized spacial score (nSPS) is 12.4. The van der Waals surface area contributed by atoms with E-state index >= 15 is 0 Å². The highest BCUT2D eigenvalue weighted by Gasteiger charge is 2.13. The molecule has 0 aromatic heterocycles. The lowest BCUT2D eigenvalue weighted by Gasteiger charge is -2.19. The molecule has 0 saturated heterocycles.